The summed E-state index contributed by atoms with van der Waals surface area (Å²) in [4.78, 5) is 10.7. The molecule has 8 heteroatoms. The first-order valence-electron chi connectivity index (χ1n) is 13.5. The van der Waals surface area contributed by atoms with Crippen molar-refractivity contribution in [2.24, 2.45) is 0 Å². The average molecular weight is 522 g/mol. The van der Waals surface area contributed by atoms with Gasteiger partial charge in [0.2, 0.25) is 0 Å². The summed E-state index contributed by atoms with van der Waals surface area (Å²) in [6.07, 6.45) is 13.7. The summed E-state index contributed by atoms with van der Waals surface area (Å²) in [5.41, 5.74) is 6.81. The zero-order valence-corrected chi connectivity index (χ0v) is 22.1. The predicted octanol–water partition coefficient (Wildman–Crippen LogP) is 4.80. The van der Waals surface area contributed by atoms with E-state index in [0.29, 0.717) is 0 Å². The van der Waals surface area contributed by atoms with Crippen molar-refractivity contribution in [1.82, 2.24) is 35.3 Å². The molecule has 0 spiro atoms. The number of benzene rings is 1. The Bertz CT molecular complexity index is 1740. The molecular formula is C31H32FN7. The number of aromatic amines is 3. The lowest BCUT2D eigenvalue weighted by Crippen LogP contribution is -2.23. The molecule has 6 rings (SSSR count). The molecule has 1 aliphatic rings. The second-order valence-electron chi connectivity index (χ2n) is 10.1. The Morgan fingerprint density at radius 2 is 2.03 bits per heavy atom. The Hall–Kier alpha value is -4.30. The molecule has 1 aromatic carbocycles. The van der Waals surface area contributed by atoms with Gasteiger partial charge in [0.1, 0.15) is 11.5 Å². The second-order valence-corrected chi connectivity index (χ2v) is 10.1. The van der Waals surface area contributed by atoms with Gasteiger partial charge in [-0.1, -0.05) is 12.7 Å². The standard InChI is InChI=1S/C31H32FN7/c1-3-27-25(13-20(2)23-18-34-35-19-23)31(38-37-27)29-17-26-28(36-29)8-9-33-30(26)22-14-21(15-24(32)16-22)7-6-12-39-10-4-5-11-39/h3,8-9,13-19,36-37H,2,4-7,10-12H2,1H3,(H,34,35)/b25-13+,27-3+. The van der Waals surface area contributed by atoms with Gasteiger partial charge in [-0.25, -0.2) is 4.39 Å². The molecule has 0 saturated carbocycles. The summed E-state index contributed by atoms with van der Waals surface area (Å²) < 4.78 is 14.8. The molecule has 4 aromatic heterocycles. The molecular weight excluding hydrogens is 489 g/mol. The molecule has 0 unspecified atom stereocenters. The third-order valence-corrected chi connectivity index (χ3v) is 7.48. The minimum atomic E-state index is -0.233. The highest BCUT2D eigenvalue weighted by Gasteiger charge is 2.15. The first kappa shape index (κ1) is 25.0. The van der Waals surface area contributed by atoms with Crippen LogP contribution in [-0.4, -0.2) is 54.9 Å². The molecule has 3 N–H and O–H groups in total. The third-order valence-electron chi connectivity index (χ3n) is 7.48. The number of halogens is 1. The van der Waals surface area contributed by atoms with Crippen LogP contribution in [0.3, 0.4) is 0 Å². The fourth-order valence-electron chi connectivity index (χ4n) is 5.48. The number of rotatable bonds is 8. The highest BCUT2D eigenvalue weighted by atomic mass is 19.1. The summed E-state index contributed by atoms with van der Waals surface area (Å²) in [5.74, 6) is -0.233. The Kier molecular flexibility index (Phi) is 6.94. The fourth-order valence-corrected chi connectivity index (χ4v) is 5.48. The van der Waals surface area contributed by atoms with E-state index in [1.165, 1.54) is 25.9 Å². The Morgan fingerprint density at radius 1 is 1.15 bits per heavy atom. The molecule has 0 amide bonds. The minimum absolute atomic E-state index is 0.233. The van der Waals surface area contributed by atoms with Crippen LogP contribution in [0, 0.1) is 5.82 Å². The number of nitrogens with zero attached hydrogens (tertiary/aromatic N) is 4. The van der Waals surface area contributed by atoms with Crippen molar-refractivity contribution in [2.75, 3.05) is 19.6 Å². The number of aromatic nitrogens is 6. The zero-order chi connectivity index (χ0) is 26.8. The summed E-state index contributed by atoms with van der Waals surface area (Å²) in [6, 6.07) is 9.28. The number of hydrogen-bond acceptors (Lipinski definition) is 4. The van der Waals surface area contributed by atoms with Crippen molar-refractivity contribution >= 4 is 28.6 Å². The van der Waals surface area contributed by atoms with Gasteiger partial charge in [0, 0.05) is 39.6 Å². The van der Waals surface area contributed by atoms with Crippen LogP contribution in [0.25, 0.3) is 51.3 Å². The van der Waals surface area contributed by atoms with E-state index >= 15 is 0 Å². The van der Waals surface area contributed by atoms with Gasteiger partial charge in [0.05, 0.1) is 22.9 Å². The SMILES string of the molecule is C=C(/C=c1/c(-c2cc3c(-c4cc(F)cc(CCCN5CCCC5)c4)nccc3[nH]2)n[nH]/c1=C/C)c1cn[nH]c1. The van der Waals surface area contributed by atoms with E-state index in [9.17, 15) is 4.39 Å². The molecule has 0 radical (unpaired) electrons. The molecule has 7 nitrogen and oxygen atoms in total. The Labute approximate surface area is 226 Å². The monoisotopic (exact) mass is 521 g/mol. The highest BCUT2D eigenvalue weighted by Crippen LogP contribution is 2.31. The summed E-state index contributed by atoms with van der Waals surface area (Å²) in [5, 5.41) is 17.4. The van der Waals surface area contributed by atoms with E-state index in [4.69, 9.17) is 0 Å². The first-order valence-corrected chi connectivity index (χ1v) is 13.5. The summed E-state index contributed by atoms with van der Waals surface area (Å²) in [7, 11) is 0. The number of H-pyrrole nitrogens is 3. The number of aryl methyl sites for hydroxylation is 1. The lowest BCUT2D eigenvalue weighted by atomic mass is 10.0. The minimum Gasteiger partial charge on any atom is -0.353 e. The highest BCUT2D eigenvalue weighted by molar-refractivity contribution is 5.96. The summed E-state index contributed by atoms with van der Waals surface area (Å²) >= 11 is 0. The van der Waals surface area contributed by atoms with Crippen LogP contribution >= 0.6 is 0 Å². The molecule has 0 atom stereocenters. The van der Waals surface area contributed by atoms with Gasteiger partial charge in [0.25, 0.3) is 0 Å². The predicted molar refractivity (Wildman–Crippen MR) is 155 cm³/mol. The van der Waals surface area contributed by atoms with E-state index in [1.807, 2.05) is 37.4 Å². The van der Waals surface area contributed by atoms with Crippen molar-refractivity contribution < 1.29 is 4.39 Å². The fraction of sp³-hybridized carbons (Fsp3) is 0.258. The van der Waals surface area contributed by atoms with E-state index in [-0.39, 0.29) is 5.82 Å². The van der Waals surface area contributed by atoms with Gasteiger partial charge in [-0.2, -0.15) is 10.2 Å². The van der Waals surface area contributed by atoms with Gasteiger partial charge in [-0.3, -0.25) is 15.2 Å². The number of fused-ring (bicyclic) bond motifs is 1. The van der Waals surface area contributed by atoms with Crippen LogP contribution in [0.1, 0.15) is 37.3 Å². The maximum Gasteiger partial charge on any atom is 0.124 e. The van der Waals surface area contributed by atoms with Gasteiger partial charge in [-0.15, -0.1) is 0 Å². The maximum atomic E-state index is 14.8. The molecule has 1 aliphatic heterocycles. The zero-order valence-electron chi connectivity index (χ0n) is 22.1. The number of pyridine rings is 1. The largest absolute Gasteiger partial charge is 0.353 e. The molecule has 198 valence electrons. The van der Waals surface area contributed by atoms with Gasteiger partial charge >= 0.3 is 0 Å². The molecule has 0 aliphatic carbocycles. The van der Waals surface area contributed by atoms with E-state index in [0.717, 1.165) is 80.2 Å². The Balaban J connectivity index is 1.35. The number of hydrogen-bond donors (Lipinski definition) is 3. The maximum absolute atomic E-state index is 14.8. The normalized spacial score (nSPS) is 15.1. The van der Waals surface area contributed by atoms with Crippen molar-refractivity contribution in [2.45, 2.75) is 32.6 Å². The quantitative estimate of drug-likeness (QED) is 0.274. The second kappa shape index (κ2) is 10.8. The van der Waals surface area contributed by atoms with Gasteiger partial charge in [-0.05, 0) is 99.8 Å². The molecule has 5 heterocycles. The van der Waals surface area contributed by atoms with Crippen LogP contribution in [0.15, 0.2) is 55.5 Å². The Morgan fingerprint density at radius 3 is 2.82 bits per heavy atom. The lowest BCUT2D eigenvalue weighted by Gasteiger charge is -2.14. The van der Waals surface area contributed by atoms with Crippen LogP contribution in [0.4, 0.5) is 4.39 Å². The number of allylic oxidation sites excluding steroid dienone is 1. The van der Waals surface area contributed by atoms with Crippen molar-refractivity contribution in [3.8, 4) is 22.6 Å². The van der Waals surface area contributed by atoms with Gasteiger partial charge < -0.3 is 9.88 Å². The van der Waals surface area contributed by atoms with Crippen molar-refractivity contribution in [1.29, 1.82) is 0 Å². The molecule has 0 bridgehead atoms. The number of nitrogens with one attached hydrogen (secondary N) is 3. The lowest BCUT2D eigenvalue weighted by molar-refractivity contribution is 0.334. The smallest absolute Gasteiger partial charge is 0.124 e. The van der Waals surface area contributed by atoms with Crippen LogP contribution in [0.2, 0.25) is 0 Å². The molecule has 39 heavy (non-hydrogen) atoms. The van der Waals surface area contributed by atoms with Crippen molar-refractivity contribution in [3.63, 3.8) is 0 Å². The molecule has 1 saturated heterocycles. The molecule has 5 aromatic rings. The van der Waals surface area contributed by atoms with Crippen LogP contribution in [-0.2, 0) is 6.42 Å². The van der Waals surface area contributed by atoms with Crippen molar-refractivity contribution in [3.05, 3.63) is 83.0 Å². The number of likely N-dealkylation sites (tertiary alicyclic amines) is 1. The third kappa shape index (κ3) is 5.20. The van der Waals surface area contributed by atoms with Crippen LogP contribution in [0.5, 0.6) is 0 Å². The first-order chi connectivity index (χ1) is 19.1. The van der Waals surface area contributed by atoms with Crippen LogP contribution < -0.4 is 10.6 Å². The van der Waals surface area contributed by atoms with Gasteiger partial charge in [0.15, 0.2) is 0 Å². The average Bonchev–Trinajstić information content (AvgIpc) is 3.74. The van der Waals surface area contributed by atoms with E-state index in [2.05, 4.69) is 47.9 Å². The van der Waals surface area contributed by atoms with E-state index in [1.54, 1.807) is 24.5 Å². The summed E-state index contributed by atoms with van der Waals surface area (Å²) in [6.45, 7) is 9.60. The molecule has 1 fully saturated rings. The topological polar surface area (TPSA) is 89.3 Å². The van der Waals surface area contributed by atoms with E-state index < -0.39 is 0 Å².